The number of rotatable bonds is 4. The van der Waals surface area contributed by atoms with Crippen molar-refractivity contribution < 1.29 is 0 Å². The van der Waals surface area contributed by atoms with E-state index in [1.165, 1.54) is 49.6 Å². The van der Waals surface area contributed by atoms with Gasteiger partial charge >= 0.3 is 0 Å². The maximum absolute atomic E-state index is 5.87. The number of nitrogens with two attached hydrogens (primary N) is 1. The number of hydrogen-bond donors (Lipinski definition) is 2. The first-order chi connectivity index (χ1) is 8.22. The van der Waals surface area contributed by atoms with Crippen LogP contribution in [0.4, 0.5) is 0 Å². The first-order valence-electron chi connectivity index (χ1n) is 6.64. The fraction of sp³-hybridized carbons (Fsp3) is 0.833. The largest absolute Gasteiger partial charge is 0.335 e. The molecule has 3 N–H and O–H groups in total. The van der Waals surface area contributed by atoms with E-state index in [1.807, 2.05) is 0 Å². The average molecular weight is 254 g/mol. The lowest BCUT2D eigenvalue weighted by molar-refractivity contribution is 0.296. The van der Waals surface area contributed by atoms with Crippen LogP contribution in [0.15, 0.2) is 0 Å². The second kappa shape index (κ2) is 5.67. The van der Waals surface area contributed by atoms with E-state index in [9.17, 15) is 0 Å². The minimum Gasteiger partial charge on any atom is -0.335 e. The van der Waals surface area contributed by atoms with Gasteiger partial charge in [-0.05, 0) is 43.8 Å². The van der Waals surface area contributed by atoms with Crippen molar-refractivity contribution in [2.45, 2.75) is 57.8 Å². The highest BCUT2D eigenvalue weighted by molar-refractivity contribution is 7.71. The fourth-order valence-corrected chi connectivity index (χ4v) is 2.95. The summed E-state index contributed by atoms with van der Waals surface area (Å²) in [6.45, 7) is 2.26. The van der Waals surface area contributed by atoms with Crippen molar-refractivity contribution in [3.05, 3.63) is 10.6 Å². The van der Waals surface area contributed by atoms with Gasteiger partial charge in [0.1, 0.15) is 0 Å². The number of aromatic amines is 1. The van der Waals surface area contributed by atoms with Gasteiger partial charge in [0.05, 0.1) is 0 Å². The van der Waals surface area contributed by atoms with Crippen LogP contribution in [0.3, 0.4) is 0 Å². The van der Waals surface area contributed by atoms with Crippen LogP contribution in [0.25, 0.3) is 0 Å². The normalized spacial score (nSPS) is 25.0. The molecule has 0 atom stereocenters. The molecule has 96 valence electrons. The summed E-state index contributed by atoms with van der Waals surface area (Å²) in [6, 6.07) is 0. The van der Waals surface area contributed by atoms with Crippen LogP contribution in [0.5, 0.6) is 0 Å². The molecule has 1 aromatic rings. The van der Waals surface area contributed by atoms with Crippen LogP contribution >= 0.6 is 12.2 Å². The van der Waals surface area contributed by atoms with Gasteiger partial charge in [0.25, 0.3) is 0 Å². The van der Waals surface area contributed by atoms with E-state index in [0.717, 1.165) is 11.7 Å². The number of unbranched alkanes of at least 4 members (excludes halogenated alkanes) is 1. The predicted molar refractivity (Wildman–Crippen MR) is 71.8 cm³/mol. The molecule has 0 spiro atoms. The van der Waals surface area contributed by atoms with Crippen LogP contribution in [-0.2, 0) is 0 Å². The molecule has 0 radical (unpaired) electrons. The summed E-state index contributed by atoms with van der Waals surface area (Å²) >= 11 is 5.04. The zero-order valence-corrected chi connectivity index (χ0v) is 11.3. The van der Waals surface area contributed by atoms with Crippen molar-refractivity contribution in [1.29, 1.82) is 0 Å². The van der Waals surface area contributed by atoms with Crippen molar-refractivity contribution >= 4 is 12.2 Å². The van der Waals surface area contributed by atoms with E-state index in [-0.39, 0.29) is 0 Å². The zero-order chi connectivity index (χ0) is 12.3. The smallest absolute Gasteiger partial charge is 0.214 e. The van der Waals surface area contributed by atoms with E-state index >= 15 is 0 Å². The van der Waals surface area contributed by atoms with Gasteiger partial charge in [-0.3, -0.25) is 5.10 Å². The average Bonchev–Trinajstić information content (AvgIpc) is 2.68. The summed E-state index contributed by atoms with van der Waals surface area (Å²) in [7, 11) is 0. The Morgan fingerprint density at radius 2 is 2.12 bits per heavy atom. The molecule has 1 aliphatic rings. The number of H-pyrrole nitrogens is 1. The summed E-state index contributed by atoms with van der Waals surface area (Å²) in [5.41, 5.74) is 0. The molecule has 0 aromatic carbocycles. The van der Waals surface area contributed by atoms with E-state index in [1.54, 1.807) is 0 Å². The third-order valence-electron chi connectivity index (χ3n) is 3.91. The molecule has 4 nitrogen and oxygen atoms in total. The number of hydrogen-bond acceptors (Lipinski definition) is 3. The van der Waals surface area contributed by atoms with Crippen molar-refractivity contribution in [3.8, 4) is 0 Å². The Labute approximate surface area is 108 Å². The molecule has 1 fully saturated rings. The lowest BCUT2D eigenvalue weighted by Crippen LogP contribution is -2.20. The topological polar surface area (TPSA) is 59.6 Å². The molecule has 5 heteroatoms. The summed E-state index contributed by atoms with van der Waals surface area (Å²) in [4.78, 5) is 0. The predicted octanol–water partition coefficient (Wildman–Crippen LogP) is 3.12. The van der Waals surface area contributed by atoms with Gasteiger partial charge in [-0.15, -0.1) is 0 Å². The molecule has 1 heterocycles. The Balaban J connectivity index is 1.91. The molecule has 1 aromatic heterocycles. The second-order valence-electron chi connectivity index (χ2n) is 5.12. The quantitative estimate of drug-likeness (QED) is 0.641. The van der Waals surface area contributed by atoms with Gasteiger partial charge < -0.3 is 5.84 Å². The fourth-order valence-electron chi connectivity index (χ4n) is 2.81. The third-order valence-corrected chi connectivity index (χ3v) is 4.20. The van der Waals surface area contributed by atoms with E-state index in [2.05, 4.69) is 17.1 Å². The van der Waals surface area contributed by atoms with Crippen LogP contribution in [-0.4, -0.2) is 14.9 Å². The first-order valence-corrected chi connectivity index (χ1v) is 7.05. The summed E-state index contributed by atoms with van der Waals surface area (Å²) < 4.78 is 2.06. The highest BCUT2D eigenvalue weighted by Gasteiger charge is 2.25. The Hall–Kier alpha value is -0.840. The lowest BCUT2D eigenvalue weighted by Gasteiger charge is -2.27. The number of nitrogens with one attached hydrogen (secondary N) is 1. The highest BCUT2D eigenvalue weighted by atomic mass is 32.1. The van der Waals surface area contributed by atoms with E-state index in [0.29, 0.717) is 10.7 Å². The number of aromatic nitrogens is 3. The van der Waals surface area contributed by atoms with Gasteiger partial charge in [-0.2, -0.15) is 5.10 Å². The lowest BCUT2D eigenvalue weighted by atomic mass is 9.79. The molecule has 17 heavy (non-hydrogen) atoms. The van der Waals surface area contributed by atoms with Crippen molar-refractivity contribution in [2.24, 2.45) is 5.92 Å². The Kier molecular flexibility index (Phi) is 4.20. The van der Waals surface area contributed by atoms with Crippen LogP contribution in [0.1, 0.15) is 63.6 Å². The second-order valence-corrected chi connectivity index (χ2v) is 5.50. The molecule has 0 amide bonds. The maximum atomic E-state index is 5.87. The first kappa shape index (κ1) is 12.6. The highest BCUT2D eigenvalue weighted by Crippen LogP contribution is 2.36. The maximum Gasteiger partial charge on any atom is 0.214 e. The SMILES string of the molecule is CCCCC1CCC(c2n[nH]c(=S)n2N)CC1. The van der Waals surface area contributed by atoms with Crippen molar-refractivity contribution in [2.75, 3.05) is 5.84 Å². The molecule has 1 saturated carbocycles. The number of nitrogen functional groups attached to an aromatic ring is 1. The molecule has 0 bridgehead atoms. The van der Waals surface area contributed by atoms with E-state index in [4.69, 9.17) is 18.1 Å². The molecule has 2 rings (SSSR count). The van der Waals surface area contributed by atoms with Gasteiger partial charge in [-0.1, -0.05) is 26.2 Å². The van der Waals surface area contributed by atoms with Crippen LogP contribution in [0, 0.1) is 10.7 Å². The van der Waals surface area contributed by atoms with E-state index < -0.39 is 0 Å². The number of nitrogens with zero attached hydrogens (tertiary/aromatic N) is 2. The summed E-state index contributed by atoms with van der Waals surface area (Å²) in [5.74, 6) is 8.21. The van der Waals surface area contributed by atoms with Gasteiger partial charge in [0.2, 0.25) is 4.77 Å². The molecular formula is C12H22N4S. The van der Waals surface area contributed by atoms with Gasteiger partial charge in [-0.25, -0.2) is 4.68 Å². The molecule has 1 aliphatic carbocycles. The van der Waals surface area contributed by atoms with Crippen molar-refractivity contribution in [1.82, 2.24) is 14.9 Å². The van der Waals surface area contributed by atoms with Crippen molar-refractivity contribution in [3.63, 3.8) is 0 Å². The summed E-state index contributed by atoms with van der Waals surface area (Å²) in [6.07, 6.45) is 9.08. The molecule has 0 aliphatic heterocycles. The minimum absolute atomic E-state index is 0.492. The van der Waals surface area contributed by atoms with Crippen LogP contribution < -0.4 is 5.84 Å². The van der Waals surface area contributed by atoms with Crippen LogP contribution in [0.2, 0.25) is 0 Å². The molecule has 0 saturated heterocycles. The monoisotopic (exact) mass is 254 g/mol. The summed E-state index contributed by atoms with van der Waals surface area (Å²) in [5, 5.41) is 7.02. The Bertz CT molecular complexity index is 401. The minimum atomic E-state index is 0.492. The Morgan fingerprint density at radius 1 is 1.41 bits per heavy atom. The van der Waals surface area contributed by atoms with Gasteiger partial charge in [0.15, 0.2) is 5.82 Å². The standard InChI is InChI=1S/C12H22N4S/c1-2-3-4-9-5-7-10(8-6-9)11-14-15-12(17)16(11)13/h9-10H,2-8,13H2,1H3,(H,15,17). The third kappa shape index (κ3) is 2.89. The molecule has 0 unspecified atom stereocenters. The Morgan fingerprint density at radius 3 is 2.65 bits per heavy atom. The zero-order valence-electron chi connectivity index (χ0n) is 10.5. The molecular weight excluding hydrogens is 232 g/mol. The van der Waals surface area contributed by atoms with Gasteiger partial charge in [0, 0.05) is 5.92 Å².